The molecular weight excluding hydrogens is 297 g/mol. The molecule has 1 rings (SSSR count). The summed E-state index contributed by atoms with van der Waals surface area (Å²) >= 11 is 0. The van der Waals surface area contributed by atoms with E-state index >= 15 is 0 Å². The van der Waals surface area contributed by atoms with Crippen LogP contribution in [0.3, 0.4) is 0 Å². The van der Waals surface area contributed by atoms with Gasteiger partial charge in [-0.2, -0.15) is 0 Å². The average Bonchev–Trinajstić information content (AvgIpc) is 2.33. The predicted molar refractivity (Wildman–Crippen MR) is 48.9 cm³/mol. The molecule has 0 aliphatic rings. The Morgan fingerprint density at radius 2 is 1.37 bits per heavy atom. The zero-order valence-corrected chi connectivity index (χ0v) is 10.1. The van der Waals surface area contributed by atoms with Crippen LogP contribution in [0.4, 0.5) is 22.0 Å². The molecule has 0 radical (unpaired) electrons. The van der Waals surface area contributed by atoms with Gasteiger partial charge in [-0.25, -0.2) is 26.7 Å². The van der Waals surface area contributed by atoms with Crippen LogP contribution in [-0.2, 0) is 11.2 Å². The first-order valence-corrected chi connectivity index (χ1v) is 4.83. The molecule has 19 heavy (non-hydrogen) atoms. The number of carbonyl (C=O) groups is 1. The van der Waals surface area contributed by atoms with E-state index in [1.165, 1.54) is 0 Å². The Morgan fingerprint density at radius 1 is 1.00 bits per heavy atom. The first-order valence-electron chi connectivity index (χ1n) is 4.83. The summed E-state index contributed by atoms with van der Waals surface area (Å²) in [7, 11) is 0. The fraction of sp³-hybridized carbons (Fsp3) is 0.300. The quantitative estimate of drug-likeness (QED) is 0.384. The molecule has 9 heteroatoms. The third kappa shape index (κ3) is 3.54. The van der Waals surface area contributed by atoms with Crippen LogP contribution in [-0.4, -0.2) is 17.1 Å². The van der Waals surface area contributed by atoms with Crippen LogP contribution in [0.2, 0.25) is 0 Å². The van der Waals surface area contributed by atoms with Crippen LogP contribution < -0.4 is 18.1 Å². The van der Waals surface area contributed by atoms with Crippen molar-refractivity contribution in [1.82, 2.24) is 0 Å². The Balaban J connectivity index is 0.00000324. The van der Waals surface area contributed by atoms with Crippen molar-refractivity contribution in [2.75, 3.05) is 0 Å². The molecule has 0 unspecified atom stereocenters. The van der Waals surface area contributed by atoms with Gasteiger partial charge in [-0.1, -0.05) is 0 Å². The highest BCUT2D eigenvalue weighted by molar-refractivity contribution is 5.71. The molecule has 4 N–H and O–H groups in total. The van der Waals surface area contributed by atoms with Crippen LogP contribution in [0.25, 0.3) is 0 Å². The second kappa shape index (κ2) is 6.67. The summed E-state index contributed by atoms with van der Waals surface area (Å²) in [6.07, 6.45) is -0.945. The maximum Gasteiger partial charge on any atom is 0.362 e. The van der Waals surface area contributed by atoms with Crippen molar-refractivity contribution in [3.63, 3.8) is 0 Å². The van der Waals surface area contributed by atoms with Crippen molar-refractivity contribution in [2.24, 2.45) is 0 Å². The Bertz CT molecular complexity index is 468. The van der Waals surface area contributed by atoms with E-state index in [1.54, 1.807) is 0 Å². The molecule has 3 nitrogen and oxygen atoms in total. The lowest BCUT2D eigenvalue weighted by atomic mass is 10.0. The van der Waals surface area contributed by atoms with Crippen molar-refractivity contribution in [1.29, 1.82) is 0 Å². The Hall–Kier alpha value is -1.41. The maximum atomic E-state index is 13.2. The number of benzene rings is 1. The highest BCUT2D eigenvalue weighted by Crippen LogP contribution is 2.24. The van der Waals surface area contributed by atoms with Gasteiger partial charge in [0, 0.05) is 12.0 Å². The summed E-state index contributed by atoms with van der Waals surface area (Å²) in [4.78, 5) is 10.4. The fourth-order valence-corrected chi connectivity index (χ4v) is 1.31. The van der Waals surface area contributed by atoms with Crippen molar-refractivity contribution in [3.05, 3.63) is 34.6 Å². The first kappa shape index (κ1) is 17.6. The van der Waals surface area contributed by atoms with Crippen LogP contribution in [0.15, 0.2) is 0 Å². The number of aliphatic carboxylic acids is 1. The minimum atomic E-state index is -2.24. The van der Waals surface area contributed by atoms with Gasteiger partial charge in [-0.15, -0.1) is 0 Å². The van der Waals surface area contributed by atoms with E-state index in [0.29, 0.717) is 0 Å². The van der Waals surface area contributed by atoms with Gasteiger partial charge in [0.2, 0.25) is 5.82 Å². The molecule has 0 aliphatic carbocycles. The second-order valence-electron chi connectivity index (χ2n) is 3.62. The summed E-state index contributed by atoms with van der Waals surface area (Å²) in [6, 6.07) is -1.19. The lowest BCUT2D eigenvalue weighted by Gasteiger charge is -2.08. The van der Waals surface area contributed by atoms with Crippen molar-refractivity contribution in [2.45, 2.75) is 18.9 Å². The van der Waals surface area contributed by atoms with E-state index in [-0.39, 0.29) is 18.8 Å². The Kier molecular flexibility index (Phi) is 6.17. The number of halogens is 6. The molecule has 0 heterocycles. The summed E-state index contributed by atoms with van der Waals surface area (Å²) in [5.41, 5.74) is 2.14. The summed E-state index contributed by atoms with van der Waals surface area (Å²) < 4.78 is 64.6. The number of hydrogen-bond acceptors (Lipinski definition) is 1. The van der Waals surface area contributed by atoms with Crippen molar-refractivity contribution < 1.29 is 50.0 Å². The molecule has 0 bridgehead atoms. The van der Waals surface area contributed by atoms with Crippen LogP contribution in [0.5, 0.6) is 0 Å². The highest BCUT2D eigenvalue weighted by Gasteiger charge is 2.26. The molecule has 0 amide bonds. The zero-order valence-electron chi connectivity index (χ0n) is 9.32. The minimum absolute atomic E-state index is 0. The molecule has 0 spiro atoms. The number of rotatable bonds is 4. The second-order valence-corrected chi connectivity index (χ2v) is 3.62. The zero-order chi connectivity index (χ0) is 14.0. The van der Waals surface area contributed by atoms with Crippen molar-refractivity contribution in [3.8, 4) is 0 Å². The average molecular weight is 306 g/mol. The summed E-state index contributed by atoms with van der Waals surface area (Å²) in [5, 5.41) is 8.49. The molecule has 1 aromatic rings. The molecule has 0 saturated heterocycles. The third-order valence-corrected chi connectivity index (χ3v) is 2.39. The van der Waals surface area contributed by atoms with Gasteiger partial charge >= 0.3 is 5.97 Å². The maximum absolute atomic E-state index is 13.2. The fourth-order valence-electron chi connectivity index (χ4n) is 1.31. The summed E-state index contributed by atoms with van der Waals surface area (Å²) in [5.74, 6) is -11.5. The molecule has 0 fully saturated rings. The molecule has 0 aliphatic heterocycles. The van der Waals surface area contributed by atoms with Gasteiger partial charge < -0.3 is 23.2 Å². The van der Waals surface area contributed by atoms with Crippen LogP contribution in [0.1, 0.15) is 12.0 Å². The number of hydrogen-bond donors (Lipinski definition) is 2. The van der Waals surface area contributed by atoms with Gasteiger partial charge in [0.25, 0.3) is 0 Å². The van der Waals surface area contributed by atoms with E-state index in [2.05, 4.69) is 5.73 Å². The highest BCUT2D eigenvalue weighted by atomic mass is 35.5. The number of carboxylic acid groups (broad SMARTS) is 1. The Morgan fingerprint density at radius 3 is 1.74 bits per heavy atom. The first-order chi connectivity index (χ1) is 8.27. The van der Waals surface area contributed by atoms with Gasteiger partial charge in [0.05, 0.1) is 0 Å². The van der Waals surface area contributed by atoms with E-state index in [4.69, 9.17) is 5.11 Å². The predicted octanol–water partition coefficient (Wildman–Crippen LogP) is -1.99. The molecule has 1 aromatic carbocycles. The third-order valence-electron chi connectivity index (χ3n) is 2.39. The molecule has 108 valence electrons. The minimum Gasteiger partial charge on any atom is -1.00 e. The topological polar surface area (TPSA) is 64.9 Å². The van der Waals surface area contributed by atoms with Crippen LogP contribution >= 0.6 is 0 Å². The van der Waals surface area contributed by atoms with Gasteiger partial charge in [-0.05, 0) is 6.42 Å². The largest absolute Gasteiger partial charge is 1.00 e. The van der Waals surface area contributed by atoms with Crippen molar-refractivity contribution >= 4 is 5.97 Å². The lowest BCUT2D eigenvalue weighted by Crippen LogP contribution is -3.00. The normalized spacial score (nSPS) is 11.9. The molecule has 1 atom stereocenters. The van der Waals surface area contributed by atoms with Gasteiger partial charge in [0.15, 0.2) is 29.3 Å². The Labute approximate surface area is 110 Å². The van der Waals surface area contributed by atoms with E-state index in [1.807, 2.05) is 0 Å². The number of carboxylic acids is 1. The van der Waals surface area contributed by atoms with Gasteiger partial charge in [-0.3, -0.25) is 0 Å². The molecular formula is C10H9ClF5NO2. The standard InChI is InChI=1S/C10H8F5NO2.ClH/c11-5-3(1-2-4(16)10(17)18)6(12)8(14)9(15)7(5)13;/h4H,1-2,16H2,(H,17,18);1H/t4-;/m0./s1. The summed E-state index contributed by atoms with van der Waals surface area (Å²) in [6.45, 7) is 0. The van der Waals surface area contributed by atoms with E-state index in [9.17, 15) is 26.7 Å². The lowest BCUT2D eigenvalue weighted by molar-refractivity contribution is -0.408. The number of quaternary nitrogens is 1. The van der Waals surface area contributed by atoms with E-state index < -0.39 is 53.1 Å². The van der Waals surface area contributed by atoms with E-state index in [0.717, 1.165) is 0 Å². The monoisotopic (exact) mass is 305 g/mol. The molecule has 0 aromatic heterocycles. The van der Waals surface area contributed by atoms with Crippen LogP contribution in [0, 0.1) is 29.1 Å². The van der Waals surface area contributed by atoms with Gasteiger partial charge in [0.1, 0.15) is 0 Å². The molecule has 0 saturated carbocycles. The smallest absolute Gasteiger partial charge is 0.362 e. The SMILES string of the molecule is [Cl-].[NH3+][C@@H](CCc1c(F)c(F)c(F)c(F)c1F)C(=O)O.